The minimum absolute atomic E-state index is 0.0522. The van der Waals surface area contributed by atoms with E-state index in [4.69, 9.17) is 0 Å². The van der Waals surface area contributed by atoms with E-state index in [1.54, 1.807) is 13.0 Å². The molecule has 2 aromatic rings. The smallest absolute Gasteiger partial charge is 0.165 e. The molecule has 0 saturated carbocycles. The monoisotopic (exact) mass is 484 g/mol. The summed E-state index contributed by atoms with van der Waals surface area (Å²) in [6.07, 6.45) is 12.0. The molecular formula is C32H40N2O2. The minimum Gasteiger partial charge on any atom is -0.385 e. The first kappa shape index (κ1) is 27.2. The molecule has 1 aliphatic heterocycles. The number of anilines is 2. The van der Waals surface area contributed by atoms with Crippen LogP contribution in [0.2, 0.25) is 0 Å². The molecule has 0 fully saturated rings. The van der Waals surface area contributed by atoms with E-state index in [-0.39, 0.29) is 17.0 Å². The van der Waals surface area contributed by atoms with Gasteiger partial charge in [0.1, 0.15) is 5.78 Å². The van der Waals surface area contributed by atoms with E-state index in [1.807, 2.05) is 56.3 Å². The van der Waals surface area contributed by atoms with Crippen molar-refractivity contribution in [2.45, 2.75) is 64.7 Å². The molecule has 0 unspecified atom stereocenters. The maximum atomic E-state index is 13.2. The number of allylic oxidation sites excluding steroid dienone is 6. The van der Waals surface area contributed by atoms with E-state index < -0.39 is 5.41 Å². The molecule has 3 rings (SSSR count). The summed E-state index contributed by atoms with van der Waals surface area (Å²) in [6, 6.07) is 16.5. The number of hydrogen-bond donors (Lipinski definition) is 1. The highest BCUT2D eigenvalue weighted by molar-refractivity contribution is 5.99. The molecule has 0 aliphatic carbocycles. The van der Waals surface area contributed by atoms with E-state index in [0.29, 0.717) is 6.42 Å². The lowest BCUT2D eigenvalue weighted by molar-refractivity contribution is -0.119. The predicted octanol–water partition coefficient (Wildman–Crippen LogP) is 7.13. The van der Waals surface area contributed by atoms with Gasteiger partial charge in [-0.25, -0.2) is 0 Å². The van der Waals surface area contributed by atoms with Gasteiger partial charge in [-0.1, -0.05) is 68.5 Å². The molecule has 190 valence electrons. The number of unbranched alkanes of at least 4 members (excludes halogenated alkanes) is 1. The van der Waals surface area contributed by atoms with Crippen LogP contribution >= 0.6 is 0 Å². The summed E-state index contributed by atoms with van der Waals surface area (Å²) >= 11 is 0. The van der Waals surface area contributed by atoms with Crippen molar-refractivity contribution in [2.24, 2.45) is 0 Å². The molecule has 0 saturated heterocycles. The van der Waals surface area contributed by atoms with Crippen molar-refractivity contribution in [1.29, 1.82) is 0 Å². The zero-order chi connectivity index (χ0) is 26.3. The Labute approximate surface area is 216 Å². The number of nitrogens with one attached hydrogen (secondary N) is 1. The van der Waals surface area contributed by atoms with Gasteiger partial charge in [-0.3, -0.25) is 4.79 Å². The van der Waals surface area contributed by atoms with Crippen LogP contribution in [0.4, 0.5) is 11.4 Å². The summed E-state index contributed by atoms with van der Waals surface area (Å²) in [7, 11) is 2.10. The number of likely N-dealkylation sites (N-methyl/N-ethyl adjacent to an activating group) is 1. The Morgan fingerprint density at radius 1 is 0.972 bits per heavy atom. The summed E-state index contributed by atoms with van der Waals surface area (Å²) in [4.78, 5) is 26.6. The first-order valence-corrected chi connectivity index (χ1v) is 12.8. The van der Waals surface area contributed by atoms with Crippen molar-refractivity contribution in [3.8, 4) is 0 Å². The summed E-state index contributed by atoms with van der Waals surface area (Å²) in [5.74, 6) is 0.277. The van der Waals surface area contributed by atoms with Crippen LogP contribution in [0.5, 0.6) is 0 Å². The Balaban J connectivity index is 1.66. The third-order valence-corrected chi connectivity index (χ3v) is 7.15. The second kappa shape index (κ2) is 11.6. The van der Waals surface area contributed by atoms with E-state index >= 15 is 0 Å². The van der Waals surface area contributed by atoms with Gasteiger partial charge in [-0.2, -0.15) is 0 Å². The van der Waals surface area contributed by atoms with Crippen LogP contribution in [-0.2, 0) is 20.4 Å². The van der Waals surface area contributed by atoms with Gasteiger partial charge in [0.05, 0.1) is 5.41 Å². The number of carbonyl (C=O) groups excluding carboxylic acids is 2. The number of ketones is 2. The molecule has 0 aromatic heterocycles. The molecule has 1 heterocycles. The summed E-state index contributed by atoms with van der Waals surface area (Å²) < 4.78 is 0. The first-order chi connectivity index (χ1) is 17.1. The summed E-state index contributed by atoms with van der Waals surface area (Å²) in [5, 5.41) is 3.46. The largest absolute Gasteiger partial charge is 0.385 e. The van der Waals surface area contributed by atoms with E-state index in [9.17, 15) is 9.59 Å². The normalized spacial score (nSPS) is 16.2. The molecule has 4 heteroatoms. The van der Waals surface area contributed by atoms with Gasteiger partial charge >= 0.3 is 0 Å². The van der Waals surface area contributed by atoms with Crippen molar-refractivity contribution in [1.82, 2.24) is 0 Å². The molecule has 0 radical (unpaired) electrons. The molecule has 0 atom stereocenters. The minimum atomic E-state index is -0.666. The number of hydrogen-bond acceptors (Lipinski definition) is 4. The highest BCUT2D eigenvalue weighted by Crippen LogP contribution is 2.46. The van der Waals surface area contributed by atoms with Gasteiger partial charge in [0.25, 0.3) is 0 Å². The molecule has 2 aromatic carbocycles. The number of benzene rings is 2. The molecule has 36 heavy (non-hydrogen) atoms. The van der Waals surface area contributed by atoms with Crippen LogP contribution in [0.15, 0.2) is 84.6 Å². The second-order valence-corrected chi connectivity index (χ2v) is 10.6. The lowest BCUT2D eigenvalue weighted by Gasteiger charge is -2.25. The number of Topliss-reactive ketones (excluding diaryl/α,β-unsaturated/α-hetero) is 1. The third kappa shape index (κ3) is 6.04. The first-order valence-electron chi connectivity index (χ1n) is 12.8. The van der Waals surface area contributed by atoms with Gasteiger partial charge in [-0.05, 0) is 69.0 Å². The lowest BCUT2D eigenvalue weighted by Crippen LogP contribution is -2.28. The van der Waals surface area contributed by atoms with Gasteiger partial charge in [0.15, 0.2) is 5.78 Å². The van der Waals surface area contributed by atoms with Crippen LogP contribution in [0.3, 0.4) is 0 Å². The van der Waals surface area contributed by atoms with Crippen molar-refractivity contribution >= 4 is 22.9 Å². The zero-order valence-electron chi connectivity index (χ0n) is 22.6. The number of nitrogens with zero attached hydrogens (tertiary/aromatic N) is 1. The van der Waals surface area contributed by atoms with Gasteiger partial charge in [0.2, 0.25) is 0 Å². The highest BCUT2D eigenvalue weighted by atomic mass is 16.1. The standard InChI is InChI=1S/C32H40N2O2/c1-24(35)16-14-15-23-33-27-19-12-10-17-25(27)32(4,5)30(36)22-9-7-8-21-29-31(2,3)26-18-11-13-20-28(26)34(29)6/h7-13,17-22,33H,14-16,23H2,1-6H3/b8-7+,22-9+,29-21+. The van der Waals surface area contributed by atoms with Crippen molar-refractivity contribution in [2.75, 3.05) is 23.8 Å². The van der Waals surface area contributed by atoms with Crippen molar-refractivity contribution < 1.29 is 9.59 Å². The van der Waals surface area contributed by atoms with Gasteiger partial charge in [-0.15, -0.1) is 0 Å². The number of para-hydroxylation sites is 2. The van der Waals surface area contributed by atoms with Crippen molar-refractivity contribution in [3.05, 3.63) is 95.7 Å². The fourth-order valence-corrected chi connectivity index (χ4v) is 4.90. The fourth-order valence-electron chi connectivity index (χ4n) is 4.90. The number of rotatable bonds is 11. The molecule has 0 bridgehead atoms. The van der Waals surface area contributed by atoms with Crippen LogP contribution in [-0.4, -0.2) is 25.2 Å². The topological polar surface area (TPSA) is 49.4 Å². The van der Waals surface area contributed by atoms with Crippen LogP contribution < -0.4 is 10.2 Å². The van der Waals surface area contributed by atoms with Gasteiger partial charge in [0, 0.05) is 42.5 Å². The van der Waals surface area contributed by atoms with Crippen LogP contribution in [0, 0.1) is 0 Å². The molecule has 0 spiro atoms. The summed E-state index contributed by atoms with van der Waals surface area (Å²) in [6.45, 7) is 10.8. The maximum Gasteiger partial charge on any atom is 0.165 e. The Hall–Kier alpha value is -3.40. The van der Waals surface area contributed by atoms with E-state index in [2.05, 4.69) is 61.5 Å². The number of fused-ring (bicyclic) bond motifs is 1. The Morgan fingerprint density at radius 3 is 2.39 bits per heavy atom. The lowest BCUT2D eigenvalue weighted by atomic mass is 9.79. The average molecular weight is 485 g/mol. The molecular weight excluding hydrogens is 444 g/mol. The highest BCUT2D eigenvalue weighted by Gasteiger charge is 2.37. The SMILES string of the molecule is CC(=O)CCCCNc1ccccc1C(C)(C)C(=O)/C=C/C=C/C=C1/N(C)c2ccccc2C1(C)C. The second-order valence-electron chi connectivity index (χ2n) is 10.6. The maximum absolute atomic E-state index is 13.2. The summed E-state index contributed by atoms with van der Waals surface area (Å²) in [5.41, 5.74) is 5.00. The Bertz CT molecular complexity index is 1180. The third-order valence-electron chi connectivity index (χ3n) is 7.15. The molecule has 1 N–H and O–H groups in total. The average Bonchev–Trinajstić information content (AvgIpc) is 3.04. The molecule has 4 nitrogen and oxygen atoms in total. The molecule has 0 amide bonds. The zero-order valence-corrected chi connectivity index (χ0v) is 22.6. The molecule has 1 aliphatic rings. The van der Waals surface area contributed by atoms with Crippen LogP contribution in [0.25, 0.3) is 0 Å². The Morgan fingerprint density at radius 2 is 1.67 bits per heavy atom. The van der Waals surface area contributed by atoms with E-state index in [0.717, 1.165) is 30.6 Å². The van der Waals surface area contributed by atoms with Gasteiger partial charge < -0.3 is 15.0 Å². The number of carbonyl (C=O) groups is 2. The van der Waals surface area contributed by atoms with Crippen LogP contribution in [0.1, 0.15) is 65.0 Å². The fraction of sp³-hybridized carbons (Fsp3) is 0.375. The Kier molecular flexibility index (Phi) is 8.73. The van der Waals surface area contributed by atoms with Crippen molar-refractivity contribution in [3.63, 3.8) is 0 Å². The van der Waals surface area contributed by atoms with E-state index in [1.165, 1.54) is 16.9 Å². The predicted molar refractivity (Wildman–Crippen MR) is 152 cm³/mol. The quantitative estimate of drug-likeness (QED) is 0.209.